The first-order chi connectivity index (χ1) is 9.35. The van der Waals surface area contributed by atoms with Gasteiger partial charge in [0.05, 0.1) is 0 Å². The van der Waals surface area contributed by atoms with Crippen molar-refractivity contribution in [2.24, 2.45) is 5.73 Å². The van der Waals surface area contributed by atoms with Crippen molar-refractivity contribution in [3.63, 3.8) is 0 Å². The molecule has 116 valence electrons. The Bertz CT molecular complexity index is 165. The number of nitrogens with two attached hydrogens (primary N) is 1. The van der Waals surface area contributed by atoms with Crippen molar-refractivity contribution in [3.8, 4) is 0 Å². The maximum absolute atomic E-state index is 5.83. The summed E-state index contributed by atoms with van der Waals surface area (Å²) in [5.41, 5.74) is 5.47. The summed E-state index contributed by atoms with van der Waals surface area (Å²) in [6.07, 6.45) is 13.1. The van der Waals surface area contributed by atoms with Gasteiger partial charge in [-0.1, -0.05) is 58.8 Å². The maximum atomic E-state index is 5.83. The number of nitrogens with one attached hydrogen (secondary N) is 1. The fourth-order valence-corrected chi connectivity index (χ4v) is 2.15. The van der Waals surface area contributed by atoms with Crippen LogP contribution >= 0.6 is 0 Å². The van der Waals surface area contributed by atoms with E-state index in [0.29, 0.717) is 0 Å². The minimum Gasteiger partial charge on any atom is -0.363 e. The van der Waals surface area contributed by atoms with Crippen molar-refractivity contribution in [2.75, 3.05) is 19.7 Å². The van der Waals surface area contributed by atoms with Crippen LogP contribution in [0.2, 0.25) is 0 Å². The first-order valence-corrected chi connectivity index (χ1v) is 8.40. The molecule has 0 saturated carbocycles. The van der Waals surface area contributed by atoms with Crippen LogP contribution in [0.25, 0.3) is 0 Å². The average molecular weight is 272 g/mol. The standard InChI is InChI=1S/C16H36N2O/c1-3-5-6-7-8-9-10-11-15-19-16(4-2)18-14-12-13-17/h16,18H,3-15,17H2,1-2H3. The van der Waals surface area contributed by atoms with Crippen molar-refractivity contribution in [3.05, 3.63) is 0 Å². The summed E-state index contributed by atoms with van der Waals surface area (Å²) >= 11 is 0. The van der Waals surface area contributed by atoms with E-state index in [9.17, 15) is 0 Å². The molecular formula is C16H36N2O. The molecule has 0 aromatic carbocycles. The zero-order valence-corrected chi connectivity index (χ0v) is 13.3. The Morgan fingerprint density at radius 3 is 2.11 bits per heavy atom. The third kappa shape index (κ3) is 14.1. The van der Waals surface area contributed by atoms with Crippen molar-refractivity contribution in [1.29, 1.82) is 0 Å². The van der Waals surface area contributed by atoms with Crippen LogP contribution in [-0.2, 0) is 4.74 Å². The van der Waals surface area contributed by atoms with Crippen molar-refractivity contribution < 1.29 is 4.74 Å². The molecule has 0 radical (unpaired) electrons. The van der Waals surface area contributed by atoms with Crippen LogP contribution in [0.5, 0.6) is 0 Å². The molecule has 3 N–H and O–H groups in total. The van der Waals surface area contributed by atoms with Gasteiger partial charge in [-0.15, -0.1) is 0 Å². The number of ether oxygens (including phenoxy) is 1. The van der Waals surface area contributed by atoms with E-state index in [2.05, 4.69) is 19.2 Å². The number of unbranched alkanes of at least 4 members (excludes halogenated alkanes) is 7. The van der Waals surface area contributed by atoms with Crippen molar-refractivity contribution >= 4 is 0 Å². The van der Waals surface area contributed by atoms with Crippen LogP contribution in [0, 0.1) is 0 Å². The zero-order valence-electron chi connectivity index (χ0n) is 13.3. The molecule has 0 rings (SSSR count). The van der Waals surface area contributed by atoms with Crippen LogP contribution in [0.3, 0.4) is 0 Å². The second-order valence-electron chi connectivity index (χ2n) is 5.34. The molecule has 0 amide bonds. The monoisotopic (exact) mass is 272 g/mol. The van der Waals surface area contributed by atoms with E-state index in [4.69, 9.17) is 10.5 Å². The number of rotatable bonds is 15. The van der Waals surface area contributed by atoms with Crippen LogP contribution in [0.1, 0.15) is 78.1 Å². The number of hydrogen-bond donors (Lipinski definition) is 2. The van der Waals surface area contributed by atoms with Gasteiger partial charge in [-0.05, 0) is 32.4 Å². The van der Waals surface area contributed by atoms with E-state index in [1.165, 1.54) is 51.4 Å². The summed E-state index contributed by atoms with van der Waals surface area (Å²) in [4.78, 5) is 0. The highest BCUT2D eigenvalue weighted by atomic mass is 16.5. The van der Waals surface area contributed by atoms with Gasteiger partial charge in [0, 0.05) is 6.61 Å². The molecular weight excluding hydrogens is 236 g/mol. The van der Waals surface area contributed by atoms with Gasteiger partial charge in [-0.2, -0.15) is 0 Å². The summed E-state index contributed by atoms with van der Waals surface area (Å²) in [6.45, 7) is 7.04. The summed E-state index contributed by atoms with van der Waals surface area (Å²) in [6, 6.07) is 0. The molecule has 0 aliphatic heterocycles. The summed E-state index contributed by atoms with van der Waals surface area (Å²) < 4.78 is 5.83. The van der Waals surface area contributed by atoms with E-state index < -0.39 is 0 Å². The lowest BCUT2D eigenvalue weighted by Gasteiger charge is -2.17. The SMILES string of the molecule is CCCCCCCCCCOC(CC)NCCCN. The lowest BCUT2D eigenvalue weighted by atomic mass is 10.1. The summed E-state index contributed by atoms with van der Waals surface area (Å²) in [7, 11) is 0. The molecule has 0 aromatic heterocycles. The second-order valence-corrected chi connectivity index (χ2v) is 5.34. The van der Waals surface area contributed by atoms with Gasteiger partial charge in [0.25, 0.3) is 0 Å². The van der Waals surface area contributed by atoms with E-state index in [1.54, 1.807) is 0 Å². The molecule has 0 aliphatic carbocycles. The molecule has 3 nitrogen and oxygen atoms in total. The minimum atomic E-state index is 0.219. The zero-order chi connectivity index (χ0) is 14.2. The molecule has 1 atom stereocenters. The van der Waals surface area contributed by atoms with E-state index >= 15 is 0 Å². The molecule has 0 aromatic rings. The highest BCUT2D eigenvalue weighted by molar-refractivity contribution is 4.54. The Hall–Kier alpha value is -0.120. The van der Waals surface area contributed by atoms with Crippen molar-refractivity contribution in [1.82, 2.24) is 5.32 Å². The van der Waals surface area contributed by atoms with Gasteiger partial charge >= 0.3 is 0 Å². The van der Waals surface area contributed by atoms with Crippen LogP contribution in [0.4, 0.5) is 0 Å². The third-order valence-electron chi connectivity index (χ3n) is 3.44. The Morgan fingerprint density at radius 1 is 0.895 bits per heavy atom. The predicted octanol–water partition coefficient (Wildman–Crippen LogP) is 3.82. The van der Waals surface area contributed by atoms with Crippen molar-refractivity contribution in [2.45, 2.75) is 84.3 Å². The smallest absolute Gasteiger partial charge is 0.107 e. The van der Waals surface area contributed by atoms with E-state index in [0.717, 1.165) is 32.5 Å². The quantitative estimate of drug-likeness (QED) is 0.352. The number of hydrogen-bond acceptors (Lipinski definition) is 3. The third-order valence-corrected chi connectivity index (χ3v) is 3.44. The van der Waals surface area contributed by atoms with E-state index in [1.807, 2.05) is 0 Å². The molecule has 0 aliphatic rings. The molecule has 3 heteroatoms. The lowest BCUT2D eigenvalue weighted by molar-refractivity contribution is 0.0251. The molecule has 0 saturated heterocycles. The van der Waals surface area contributed by atoms with Crippen LogP contribution in [0.15, 0.2) is 0 Å². The Kier molecular flexibility index (Phi) is 15.8. The van der Waals surface area contributed by atoms with Crippen LogP contribution in [-0.4, -0.2) is 25.9 Å². The van der Waals surface area contributed by atoms with E-state index in [-0.39, 0.29) is 6.23 Å². The molecule has 0 heterocycles. The molecule has 0 spiro atoms. The first kappa shape index (κ1) is 18.9. The fourth-order valence-electron chi connectivity index (χ4n) is 2.15. The normalized spacial score (nSPS) is 12.8. The van der Waals surface area contributed by atoms with Gasteiger partial charge in [-0.3, -0.25) is 5.32 Å². The van der Waals surface area contributed by atoms with Gasteiger partial charge in [-0.25, -0.2) is 0 Å². The Labute approximate surface area is 120 Å². The predicted molar refractivity (Wildman–Crippen MR) is 84.3 cm³/mol. The fraction of sp³-hybridized carbons (Fsp3) is 1.00. The average Bonchev–Trinajstić information content (AvgIpc) is 2.43. The Morgan fingerprint density at radius 2 is 1.53 bits per heavy atom. The highest BCUT2D eigenvalue weighted by Gasteiger charge is 2.04. The van der Waals surface area contributed by atoms with Gasteiger partial charge < -0.3 is 10.5 Å². The van der Waals surface area contributed by atoms with Gasteiger partial charge in [0.1, 0.15) is 6.23 Å². The molecule has 0 fully saturated rings. The Balaban J connectivity index is 3.21. The molecule has 1 unspecified atom stereocenters. The first-order valence-electron chi connectivity index (χ1n) is 8.40. The molecule has 0 bridgehead atoms. The topological polar surface area (TPSA) is 47.3 Å². The maximum Gasteiger partial charge on any atom is 0.107 e. The minimum absolute atomic E-state index is 0.219. The van der Waals surface area contributed by atoms with Gasteiger partial charge in [0.2, 0.25) is 0 Å². The van der Waals surface area contributed by atoms with Crippen LogP contribution < -0.4 is 11.1 Å². The second kappa shape index (κ2) is 15.9. The summed E-state index contributed by atoms with van der Waals surface area (Å²) in [5, 5.41) is 3.39. The van der Waals surface area contributed by atoms with Gasteiger partial charge in [0.15, 0.2) is 0 Å². The summed E-state index contributed by atoms with van der Waals surface area (Å²) in [5.74, 6) is 0. The molecule has 19 heavy (non-hydrogen) atoms. The highest BCUT2D eigenvalue weighted by Crippen LogP contribution is 2.08. The largest absolute Gasteiger partial charge is 0.363 e. The lowest BCUT2D eigenvalue weighted by Crippen LogP contribution is -2.33.